The normalized spacial score (nSPS) is 11.9. The van der Waals surface area contributed by atoms with Crippen molar-refractivity contribution in [2.75, 3.05) is 0 Å². The zero-order valence-corrected chi connectivity index (χ0v) is 28.4. The molecule has 2 aromatic heterocycles. The van der Waals surface area contributed by atoms with Gasteiger partial charge in [0.05, 0.1) is 0 Å². The number of nitrogens with zero attached hydrogens (tertiary/aromatic N) is 3. The maximum absolute atomic E-state index is 5.03. The molecule has 228 valence electrons. The summed E-state index contributed by atoms with van der Waals surface area (Å²) in [6.45, 7) is 4.51. The van der Waals surface area contributed by atoms with Crippen molar-refractivity contribution < 1.29 is 0 Å². The van der Waals surface area contributed by atoms with E-state index in [1.807, 2.05) is 0 Å². The average Bonchev–Trinajstić information content (AvgIpc) is 3.71. The molecule has 0 saturated heterocycles. The van der Waals surface area contributed by atoms with Crippen LogP contribution in [0.25, 0.3) is 75.5 Å². The first-order valence-corrected chi connectivity index (χ1v) is 18.1. The number of aromatic nitrogens is 3. The molecular weight excluding hydrogens is 649 g/mol. The van der Waals surface area contributed by atoms with E-state index in [9.17, 15) is 0 Å². The van der Waals surface area contributed by atoms with Crippen LogP contribution in [0.5, 0.6) is 0 Å². The van der Waals surface area contributed by atoms with Gasteiger partial charge >= 0.3 is 288 Å². The summed E-state index contributed by atoms with van der Waals surface area (Å²) in [5, 5.41) is 15.8. The van der Waals surface area contributed by atoms with Crippen molar-refractivity contribution >= 4 is 24.1 Å². The van der Waals surface area contributed by atoms with E-state index in [2.05, 4.69) is 159 Å². The van der Waals surface area contributed by atoms with Crippen molar-refractivity contribution in [2.45, 2.75) is 20.3 Å². The minimum atomic E-state index is 0.0205. The summed E-state index contributed by atoms with van der Waals surface area (Å²) in [6.07, 6.45) is 0.874. The molecule has 0 saturated carbocycles. The van der Waals surface area contributed by atoms with Gasteiger partial charge in [0.15, 0.2) is 0 Å². The van der Waals surface area contributed by atoms with E-state index in [1.165, 1.54) is 64.2 Å². The molecule has 8 aromatic rings. The van der Waals surface area contributed by atoms with Crippen LogP contribution in [0.4, 0.5) is 0 Å². The predicted molar refractivity (Wildman–Crippen MR) is 199 cm³/mol. The molecule has 0 aliphatic heterocycles. The first-order chi connectivity index (χ1) is 23.7. The molecular formula is C44H31N3Se. The van der Waals surface area contributed by atoms with Crippen molar-refractivity contribution in [1.82, 2.24) is 15.4 Å². The van der Waals surface area contributed by atoms with Gasteiger partial charge in [-0.2, -0.15) is 0 Å². The summed E-state index contributed by atoms with van der Waals surface area (Å²) in [5.74, 6) is 0. The van der Waals surface area contributed by atoms with Crippen molar-refractivity contribution in [3.63, 3.8) is 0 Å². The second kappa shape index (κ2) is 11.7. The van der Waals surface area contributed by atoms with Gasteiger partial charge in [-0.1, -0.05) is 0 Å². The number of rotatable bonds is 5. The number of benzene rings is 6. The Labute approximate surface area is 286 Å². The van der Waals surface area contributed by atoms with Crippen LogP contribution in [0.1, 0.15) is 22.3 Å². The number of fused-ring (bicyclic) bond motifs is 4. The molecule has 0 fully saturated rings. The summed E-state index contributed by atoms with van der Waals surface area (Å²) < 4.78 is 2.62. The Morgan fingerprint density at radius 3 is 1.94 bits per heavy atom. The average molecular weight is 681 g/mol. The van der Waals surface area contributed by atoms with Gasteiger partial charge in [-0.05, 0) is 0 Å². The molecule has 0 unspecified atom stereocenters. The van der Waals surface area contributed by atoms with E-state index in [4.69, 9.17) is 10.2 Å². The Bertz CT molecular complexity index is 2500. The van der Waals surface area contributed by atoms with Gasteiger partial charge in [0.25, 0.3) is 0 Å². The molecule has 4 heteroatoms. The van der Waals surface area contributed by atoms with Crippen LogP contribution in [0, 0.1) is 13.8 Å². The summed E-state index contributed by atoms with van der Waals surface area (Å²) in [5.41, 5.74) is 17.8. The van der Waals surface area contributed by atoms with Gasteiger partial charge in [-0.15, -0.1) is 0 Å². The third-order valence-corrected chi connectivity index (χ3v) is 12.3. The fourth-order valence-corrected chi connectivity index (χ4v) is 9.98. The number of hydrogen-bond donors (Lipinski definition) is 0. The molecule has 0 amide bonds. The van der Waals surface area contributed by atoms with Crippen molar-refractivity contribution in [3.05, 3.63) is 162 Å². The third kappa shape index (κ3) is 4.60. The fraction of sp³-hybridized carbons (Fsp3) is 0.0682. The van der Waals surface area contributed by atoms with Gasteiger partial charge in [0, 0.05) is 0 Å². The quantitative estimate of drug-likeness (QED) is 0.170. The van der Waals surface area contributed by atoms with E-state index < -0.39 is 0 Å². The van der Waals surface area contributed by atoms with Gasteiger partial charge in [0.1, 0.15) is 0 Å². The van der Waals surface area contributed by atoms with E-state index >= 15 is 0 Å². The van der Waals surface area contributed by atoms with E-state index in [0.29, 0.717) is 0 Å². The van der Waals surface area contributed by atoms with Crippen LogP contribution in [-0.4, -0.2) is 29.9 Å². The summed E-state index contributed by atoms with van der Waals surface area (Å²) in [7, 11) is 0. The van der Waals surface area contributed by atoms with Gasteiger partial charge in [-0.3, -0.25) is 0 Å². The molecule has 0 N–H and O–H groups in total. The Kier molecular flexibility index (Phi) is 7.00. The van der Waals surface area contributed by atoms with Gasteiger partial charge < -0.3 is 0 Å². The van der Waals surface area contributed by atoms with E-state index in [0.717, 1.165) is 40.1 Å². The van der Waals surface area contributed by atoms with Crippen LogP contribution in [0.15, 0.2) is 140 Å². The van der Waals surface area contributed by atoms with Crippen LogP contribution >= 0.6 is 0 Å². The zero-order chi connectivity index (χ0) is 32.2. The van der Waals surface area contributed by atoms with Crippen molar-refractivity contribution in [2.24, 2.45) is 0 Å². The SMILES string of the molecule is Cc1cc2c(c(-c3c(-c4ccccc4-c4ccccc4)nnnc3-c3[se]c4ccccc4c3-c3ccccc3)c1C)Cc1ccccc1-2. The van der Waals surface area contributed by atoms with Crippen molar-refractivity contribution in [3.8, 4) is 65.9 Å². The minimum absolute atomic E-state index is 0.0205. The second-order valence-corrected chi connectivity index (χ2v) is 14.7. The number of hydrogen-bond acceptors (Lipinski definition) is 3. The van der Waals surface area contributed by atoms with Crippen LogP contribution in [0.2, 0.25) is 0 Å². The summed E-state index contributed by atoms with van der Waals surface area (Å²) >= 11 is 0.0205. The first kappa shape index (κ1) is 28.8. The van der Waals surface area contributed by atoms with Crippen LogP contribution < -0.4 is 0 Å². The third-order valence-electron chi connectivity index (χ3n) is 9.78. The maximum atomic E-state index is 5.03. The Morgan fingerprint density at radius 1 is 0.521 bits per heavy atom. The van der Waals surface area contributed by atoms with E-state index in [-0.39, 0.29) is 14.5 Å². The van der Waals surface area contributed by atoms with Crippen LogP contribution in [-0.2, 0) is 6.42 Å². The summed E-state index contributed by atoms with van der Waals surface area (Å²) in [6, 6.07) is 50.1. The molecule has 1 aliphatic carbocycles. The molecule has 2 heterocycles. The first-order valence-electron chi connectivity index (χ1n) is 16.3. The topological polar surface area (TPSA) is 38.7 Å². The molecule has 0 atom stereocenters. The van der Waals surface area contributed by atoms with Gasteiger partial charge in [-0.25, -0.2) is 0 Å². The Morgan fingerprint density at radius 2 is 1.15 bits per heavy atom. The monoisotopic (exact) mass is 681 g/mol. The van der Waals surface area contributed by atoms with Crippen LogP contribution in [0.3, 0.4) is 0 Å². The van der Waals surface area contributed by atoms with Gasteiger partial charge in [0.2, 0.25) is 0 Å². The number of aryl methyl sites for hydroxylation is 1. The Balaban J connectivity index is 1.43. The standard InChI is InChI=1S/C44H31N3Se/c1-27-25-36-33-21-10-9-19-31(33)26-37(36)39(28(27)2)41-42(34-22-12-11-20-32(34)29-15-5-3-6-16-29)45-47-46-43(41)44-40(30-17-7-4-8-18-30)35-23-13-14-24-38(35)48-44/h3-25H,26H2,1-2H3. The molecule has 0 bridgehead atoms. The molecule has 3 nitrogen and oxygen atoms in total. The molecule has 1 aliphatic rings. The molecule has 0 radical (unpaired) electrons. The molecule has 0 spiro atoms. The second-order valence-electron chi connectivity index (χ2n) is 12.5. The zero-order valence-electron chi connectivity index (χ0n) is 26.7. The molecule has 48 heavy (non-hydrogen) atoms. The fourth-order valence-electron chi connectivity index (χ4n) is 7.43. The van der Waals surface area contributed by atoms with E-state index in [1.54, 1.807) is 0 Å². The predicted octanol–water partition coefficient (Wildman–Crippen LogP) is 10.6. The summed E-state index contributed by atoms with van der Waals surface area (Å²) in [4.78, 5) is 0. The van der Waals surface area contributed by atoms with Crippen molar-refractivity contribution in [1.29, 1.82) is 0 Å². The Hall–Kier alpha value is -5.41. The molecule has 6 aromatic carbocycles. The molecule has 9 rings (SSSR count).